The maximum Gasteiger partial charge on any atom is 0.341 e. The van der Waals surface area contributed by atoms with E-state index in [2.05, 4.69) is 15.3 Å². The highest BCUT2D eigenvalue weighted by Crippen LogP contribution is 2.30. The summed E-state index contributed by atoms with van der Waals surface area (Å²) in [5.41, 5.74) is 2.49. The van der Waals surface area contributed by atoms with Gasteiger partial charge < -0.3 is 10.1 Å². The third-order valence-electron chi connectivity index (χ3n) is 4.70. The number of fused-ring (bicyclic) bond motifs is 1. The molecule has 7 nitrogen and oxygen atoms in total. The number of benzene rings is 1. The van der Waals surface area contributed by atoms with Crippen LogP contribution in [0.25, 0.3) is 10.9 Å². The number of carbonyl (C=O) groups excluding carboxylic acids is 1. The normalized spacial score (nSPS) is 14.9. The van der Waals surface area contributed by atoms with Crippen LogP contribution in [0.2, 0.25) is 0 Å². The van der Waals surface area contributed by atoms with Crippen molar-refractivity contribution in [2.24, 2.45) is 4.99 Å². The highest BCUT2D eigenvalue weighted by Gasteiger charge is 2.31. The van der Waals surface area contributed by atoms with Crippen molar-refractivity contribution in [3.8, 4) is 0 Å². The molecule has 0 saturated heterocycles. The number of nitrogens with zero attached hydrogens (tertiary/aromatic N) is 2. The van der Waals surface area contributed by atoms with Crippen molar-refractivity contribution in [1.29, 1.82) is 0 Å². The molecular weight excluding hydrogens is 390 g/mol. The van der Waals surface area contributed by atoms with Crippen molar-refractivity contribution in [3.63, 3.8) is 0 Å². The van der Waals surface area contributed by atoms with Gasteiger partial charge in [-0.2, -0.15) is 0 Å². The summed E-state index contributed by atoms with van der Waals surface area (Å²) in [5.74, 6) is -0.0133. The fourth-order valence-corrected chi connectivity index (χ4v) is 4.24. The van der Waals surface area contributed by atoms with E-state index in [0.717, 1.165) is 5.57 Å². The highest BCUT2D eigenvalue weighted by atomic mass is 32.2. The number of esters is 1. The number of carbonyl (C=O) groups is 1. The van der Waals surface area contributed by atoms with Gasteiger partial charge in [0.05, 0.1) is 34.0 Å². The summed E-state index contributed by atoms with van der Waals surface area (Å²) in [7, 11) is -3.52. The summed E-state index contributed by atoms with van der Waals surface area (Å²) >= 11 is 0. The van der Waals surface area contributed by atoms with Crippen molar-refractivity contribution >= 4 is 38.2 Å². The van der Waals surface area contributed by atoms with E-state index >= 15 is 0 Å². The highest BCUT2D eigenvalue weighted by molar-refractivity contribution is 7.92. The summed E-state index contributed by atoms with van der Waals surface area (Å²) in [6, 6.07) is 6.60. The van der Waals surface area contributed by atoms with Gasteiger partial charge in [-0.05, 0) is 64.5 Å². The minimum atomic E-state index is -3.52. The molecule has 0 atom stereocenters. The number of rotatable bonds is 4. The largest absolute Gasteiger partial charge is 0.462 e. The van der Waals surface area contributed by atoms with Gasteiger partial charge >= 0.3 is 5.97 Å². The van der Waals surface area contributed by atoms with Gasteiger partial charge in [0, 0.05) is 11.6 Å². The average molecular weight is 416 g/mol. The van der Waals surface area contributed by atoms with Gasteiger partial charge in [0.2, 0.25) is 0 Å². The van der Waals surface area contributed by atoms with Crippen molar-refractivity contribution in [3.05, 3.63) is 41.6 Å². The number of sulfone groups is 1. The summed E-state index contributed by atoms with van der Waals surface area (Å²) in [6.45, 7) is 9.27. The Balaban J connectivity index is 2.05. The van der Waals surface area contributed by atoms with Crippen LogP contribution >= 0.6 is 0 Å². The number of amidine groups is 1. The quantitative estimate of drug-likeness (QED) is 0.768. The molecule has 1 aromatic heterocycles. The summed E-state index contributed by atoms with van der Waals surface area (Å²) in [4.78, 5) is 21.3. The van der Waals surface area contributed by atoms with Crippen molar-refractivity contribution in [2.75, 3.05) is 18.5 Å². The first-order chi connectivity index (χ1) is 13.6. The minimum absolute atomic E-state index is 0.222. The molecule has 0 unspecified atom stereocenters. The summed E-state index contributed by atoms with van der Waals surface area (Å²) < 4.78 is 30.0. The second kappa shape index (κ2) is 7.59. The third-order valence-corrected chi connectivity index (χ3v) is 7.19. The van der Waals surface area contributed by atoms with Crippen LogP contribution in [0, 0.1) is 0 Å². The number of aromatic nitrogens is 1. The van der Waals surface area contributed by atoms with E-state index < -0.39 is 20.6 Å². The van der Waals surface area contributed by atoms with E-state index in [9.17, 15) is 13.2 Å². The van der Waals surface area contributed by atoms with Crippen molar-refractivity contribution < 1.29 is 17.9 Å². The number of hydrogen-bond donors (Lipinski definition) is 1. The fraction of sp³-hybridized carbons (Fsp3) is 0.381. The molecule has 2 aromatic rings. The van der Waals surface area contributed by atoms with E-state index in [1.165, 1.54) is 0 Å². The monoisotopic (exact) mass is 415 g/mol. The topological polar surface area (TPSA) is 97.7 Å². The second-order valence-electron chi connectivity index (χ2n) is 7.82. The van der Waals surface area contributed by atoms with Crippen LogP contribution in [0.1, 0.15) is 34.6 Å². The molecule has 1 aromatic carbocycles. The van der Waals surface area contributed by atoms with Crippen molar-refractivity contribution in [2.45, 2.75) is 44.3 Å². The smallest absolute Gasteiger partial charge is 0.341 e. The molecule has 0 aliphatic carbocycles. The molecule has 3 rings (SSSR count). The maximum atomic E-state index is 12.9. The molecule has 0 saturated carbocycles. The van der Waals surface area contributed by atoms with Gasteiger partial charge in [-0.25, -0.2) is 13.2 Å². The van der Waals surface area contributed by atoms with E-state index in [1.807, 2.05) is 6.92 Å². The predicted molar refractivity (Wildman–Crippen MR) is 114 cm³/mol. The molecule has 8 heteroatoms. The van der Waals surface area contributed by atoms with Gasteiger partial charge in [-0.3, -0.25) is 9.98 Å². The number of hydrogen-bond acceptors (Lipinski definition) is 7. The van der Waals surface area contributed by atoms with Crippen LogP contribution in [0.3, 0.4) is 0 Å². The van der Waals surface area contributed by atoms with Crippen LogP contribution in [-0.2, 0) is 19.4 Å². The summed E-state index contributed by atoms with van der Waals surface area (Å²) in [5, 5.41) is 3.81. The molecule has 0 radical (unpaired) electrons. The molecule has 29 heavy (non-hydrogen) atoms. The standard InChI is InChI=1S/C21H25N3O4S/c1-6-28-20(25)18-13(2)12-23-19(18)24-17-9-10-22-16-8-7-14(11-15(16)17)29(26,27)21(3,4)5/h7-11H,6,12H2,1-5H3,(H,22,23,24). The van der Waals surface area contributed by atoms with E-state index in [4.69, 9.17) is 4.74 Å². The Morgan fingerprint density at radius 2 is 1.97 bits per heavy atom. The Hall–Kier alpha value is -2.74. The zero-order valence-electron chi connectivity index (χ0n) is 17.2. The molecule has 1 N–H and O–H groups in total. The van der Waals surface area contributed by atoms with Crippen LogP contribution in [0.5, 0.6) is 0 Å². The Morgan fingerprint density at radius 1 is 1.24 bits per heavy atom. The number of pyridine rings is 1. The summed E-state index contributed by atoms with van der Waals surface area (Å²) in [6.07, 6.45) is 1.62. The molecule has 0 amide bonds. The number of aliphatic imine (C=N–C) groups is 1. The second-order valence-corrected chi connectivity index (χ2v) is 10.5. The molecule has 0 fully saturated rings. The van der Waals surface area contributed by atoms with Gasteiger partial charge in [-0.15, -0.1) is 0 Å². The molecule has 2 heterocycles. The first-order valence-electron chi connectivity index (χ1n) is 9.38. The zero-order chi connectivity index (χ0) is 21.4. The third kappa shape index (κ3) is 3.89. The molecule has 0 spiro atoms. The Kier molecular flexibility index (Phi) is 5.49. The van der Waals surface area contributed by atoms with Crippen LogP contribution < -0.4 is 5.32 Å². The molecule has 1 aliphatic heterocycles. The van der Waals surface area contributed by atoms with Gasteiger partial charge in [0.1, 0.15) is 11.4 Å². The van der Waals surface area contributed by atoms with Gasteiger partial charge in [-0.1, -0.05) is 0 Å². The minimum Gasteiger partial charge on any atom is -0.462 e. The van der Waals surface area contributed by atoms with Gasteiger partial charge in [0.15, 0.2) is 9.84 Å². The van der Waals surface area contributed by atoms with Gasteiger partial charge in [0.25, 0.3) is 0 Å². The first-order valence-corrected chi connectivity index (χ1v) is 10.9. The lowest BCUT2D eigenvalue weighted by Gasteiger charge is -2.20. The number of nitrogens with one attached hydrogen (secondary N) is 1. The van der Waals surface area contributed by atoms with Crippen LogP contribution in [-0.4, -0.2) is 43.1 Å². The van der Waals surface area contributed by atoms with Crippen LogP contribution in [0.15, 0.2) is 51.5 Å². The zero-order valence-corrected chi connectivity index (χ0v) is 18.1. The van der Waals surface area contributed by atoms with Crippen LogP contribution in [0.4, 0.5) is 5.69 Å². The molecule has 1 aliphatic rings. The van der Waals surface area contributed by atoms with Crippen molar-refractivity contribution in [1.82, 2.24) is 4.98 Å². The predicted octanol–water partition coefficient (Wildman–Crippen LogP) is 3.51. The molecule has 0 bridgehead atoms. The average Bonchev–Trinajstić information content (AvgIpc) is 3.01. The SMILES string of the molecule is CCOC(=O)C1=C(C)CN=C1Nc1ccnc2ccc(S(=O)(=O)C(C)(C)C)cc12. The Labute approximate surface area is 170 Å². The Bertz CT molecular complexity index is 1140. The fourth-order valence-electron chi connectivity index (χ4n) is 3.02. The number of ether oxygens (including phenoxy) is 1. The number of anilines is 1. The lowest BCUT2D eigenvalue weighted by molar-refractivity contribution is -0.137. The Morgan fingerprint density at radius 3 is 2.62 bits per heavy atom. The lowest BCUT2D eigenvalue weighted by Crippen LogP contribution is -2.27. The molecular formula is C21H25N3O4S. The van der Waals surface area contributed by atoms with E-state index in [0.29, 0.717) is 34.5 Å². The van der Waals surface area contributed by atoms with E-state index in [1.54, 1.807) is 58.2 Å². The molecule has 154 valence electrons. The lowest BCUT2D eigenvalue weighted by atomic mass is 10.1. The first kappa shape index (κ1) is 21.0. The van der Waals surface area contributed by atoms with E-state index in [-0.39, 0.29) is 11.5 Å². The maximum absolute atomic E-state index is 12.9.